The molecule has 1 fully saturated rings. The maximum Gasteiger partial charge on any atom is 0.151 e. The van der Waals surface area contributed by atoms with Gasteiger partial charge in [0.05, 0.1) is 11.5 Å². The van der Waals surface area contributed by atoms with Gasteiger partial charge >= 0.3 is 0 Å². The predicted molar refractivity (Wildman–Crippen MR) is 45.8 cm³/mol. The maximum atomic E-state index is 10.9. The minimum Gasteiger partial charge on any atom is -0.312 e. The number of hydrogen-bond donors (Lipinski definition) is 1. The summed E-state index contributed by atoms with van der Waals surface area (Å²) in [5, 5.41) is 3.08. The molecular weight excluding hydrogens is 186 g/mol. The molecule has 0 aromatic rings. The van der Waals surface area contributed by atoms with Crippen LogP contribution in [0.4, 0.5) is 0 Å². The van der Waals surface area contributed by atoms with Gasteiger partial charge in [-0.05, 0) is 6.42 Å². The van der Waals surface area contributed by atoms with Crippen molar-refractivity contribution in [3.8, 4) is 0 Å². The van der Waals surface area contributed by atoms with Gasteiger partial charge in [0.1, 0.15) is 0 Å². The molecule has 0 amide bonds. The van der Waals surface area contributed by atoms with Crippen LogP contribution in [0.2, 0.25) is 0 Å². The van der Waals surface area contributed by atoms with Crippen LogP contribution in [0.15, 0.2) is 0 Å². The molecule has 1 N–H and O–H groups in total. The Balaban J connectivity index is 2.31. The number of sulfone groups is 1. The molecule has 0 aromatic carbocycles. The zero-order valence-corrected chi connectivity index (χ0v) is 7.79. The van der Waals surface area contributed by atoms with Gasteiger partial charge in [-0.25, -0.2) is 8.42 Å². The predicted octanol–water partition coefficient (Wildman–Crippen LogP) is 0.00190. The van der Waals surface area contributed by atoms with Gasteiger partial charge in [0.25, 0.3) is 0 Å². The summed E-state index contributed by atoms with van der Waals surface area (Å²) in [5.41, 5.74) is 0. The van der Waals surface area contributed by atoms with Crippen LogP contribution >= 0.6 is 11.6 Å². The summed E-state index contributed by atoms with van der Waals surface area (Å²) in [4.78, 5) is 0. The van der Waals surface area contributed by atoms with E-state index in [2.05, 4.69) is 5.32 Å². The summed E-state index contributed by atoms with van der Waals surface area (Å²) in [6.07, 6.45) is 0.735. The van der Waals surface area contributed by atoms with Gasteiger partial charge in [0.2, 0.25) is 0 Å². The van der Waals surface area contributed by atoms with Crippen molar-refractivity contribution in [2.75, 3.05) is 23.9 Å². The maximum absolute atomic E-state index is 10.9. The number of hydrogen-bond acceptors (Lipinski definition) is 3. The van der Waals surface area contributed by atoms with E-state index in [-0.39, 0.29) is 11.8 Å². The van der Waals surface area contributed by atoms with Crippen LogP contribution in [0.5, 0.6) is 0 Å². The Morgan fingerprint density at radius 3 is 2.73 bits per heavy atom. The lowest BCUT2D eigenvalue weighted by Crippen LogP contribution is -2.31. The van der Waals surface area contributed by atoms with Gasteiger partial charge in [0, 0.05) is 18.5 Å². The highest BCUT2D eigenvalue weighted by Gasteiger charge is 2.26. The normalized spacial score (nSPS) is 29.0. The van der Waals surface area contributed by atoms with E-state index in [1.807, 2.05) is 0 Å². The first-order valence-corrected chi connectivity index (χ1v) is 5.99. The van der Waals surface area contributed by atoms with Crippen LogP contribution in [0.3, 0.4) is 0 Å². The zero-order chi connectivity index (χ0) is 8.32. The van der Waals surface area contributed by atoms with Crippen LogP contribution < -0.4 is 5.32 Å². The third kappa shape index (κ3) is 2.97. The molecule has 1 atom stereocenters. The second kappa shape index (κ2) is 3.74. The van der Waals surface area contributed by atoms with Crippen molar-refractivity contribution in [2.24, 2.45) is 0 Å². The molecule has 0 saturated carbocycles. The van der Waals surface area contributed by atoms with Crippen molar-refractivity contribution in [3.05, 3.63) is 0 Å². The van der Waals surface area contributed by atoms with Crippen molar-refractivity contribution < 1.29 is 8.42 Å². The lowest BCUT2D eigenvalue weighted by molar-refractivity contribution is 0.574. The molecule has 1 rings (SSSR count). The fourth-order valence-corrected chi connectivity index (χ4v) is 3.03. The zero-order valence-electron chi connectivity index (χ0n) is 6.22. The van der Waals surface area contributed by atoms with Crippen LogP contribution in [0, 0.1) is 0 Å². The van der Waals surface area contributed by atoms with Gasteiger partial charge in [0.15, 0.2) is 9.84 Å². The molecule has 0 radical (unpaired) electrons. The van der Waals surface area contributed by atoms with E-state index < -0.39 is 9.84 Å². The van der Waals surface area contributed by atoms with E-state index >= 15 is 0 Å². The Labute approximate surface area is 72.0 Å². The molecule has 1 aliphatic rings. The van der Waals surface area contributed by atoms with Gasteiger partial charge in [-0.2, -0.15) is 0 Å². The van der Waals surface area contributed by atoms with E-state index in [0.717, 1.165) is 6.42 Å². The summed E-state index contributed by atoms with van der Waals surface area (Å²) in [7, 11) is -2.73. The number of alkyl halides is 1. The first-order valence-electron chi connectivity index (χ1n) is 3.64. The molecule has 66 valence electrons. The third-order valence-electron chi connectivity index (χ3n) is 1.76. The van der Waals surface area contributed by atoms with Crippen molar-refractivity contribution >= 4 is 21.4 Å². The molecule has 3 nitrogen and oxygen atoms in total. The van der Waals surface area contributed by atoms with E-state index in [1.54, 1.807) is 0 Å². The van der Waals surface area contributed by atoms with Crippen molar-refractivity contribution in [3.63, 3.8) is 0 Å². The van der Waals surface area contributed by atoms with Crippen molar-refractivity contribution in [1.29, 1.82) is 0 Å². The second-order valence-corrected chi connectivity index (χ2v) is 5.35. The molecule has 0 spiro atoms. The Morgan fingerprint density at radius 2 is 2.27 bits per heavy atom. The average molecular weight is 198 g/mol. The van der Waals surface area contributed by atoms with Gasteiger partial charge in [-0.1, -0.05) is 0 Å². The minimum absolute atomic E-state index is 0.138. The Morgan fingerprint density at radius 1 is 1.55 bits per heavy atom. The second-order valence-electron chi connectivity index (χ2n) is 2.74. The fraction of sp³-hybridized carbons (Fsp3) is 1.00. The first-order chi connectivity index (χ1) is 5.14. The van der Waals surface area contributed by atoms with Crippen molar-refractivity contribution in [1.82, 2.24) is 5.32 Å². The Hall–Kier alpha value is 0.200. The first kappa shape index (κ1) is 9.29. The fourth-order valence-electron chi connectivity index (χ4n) is 1.21. The van der Waals surface area contributed by atoms with Gasteiger partial charge < -0.3 is 5.32 Å². The summed E-state index contributed by atoms with van der Waals surface area (Å²) in [6.45, 7) is 0.696. The van der Waals surface area contributed by atoms with E-state index in [1.165, 1.54) is 0 Å². The van der Waals surface area contributed by atoms with Crippen LogP contribution in [-0.4, -0.2) is 38.4 Å². The summed E-state index contributed by atoms with van der Waals surface area (Å²) < 4.78 is 21.9. The van der Waals surface area contributed by atoms with Crippen LogP contribution in [0.25, 0.3) is 0 Å². The standard InChI is InChI=1S/C6H12ClNO2S/c7-2-3-8-6-1-4-11(9,10)5-6/h6,8H,1-5H2/t6-/m0/s1. The lowest BCUT2D eigenvalue weighted by atomic mass is 10.3. The SMILES string of the molecule is O=S1(=O)CC[C@H](NCCCl)C1. The lowest BCUT2D eigenvalue weighted by Gasteiger charge is -2.07. The Kier molecular flexibility index (Phi) is 3.16. The third-order valence-corrected chi connectivity index (χ3v) is 3.72. The summed E-state index contributed by atoms with van der Waals surface area (Å²) in [5.74, 6) is 1.15. The molecule has 0 bridgehead atoms. The molecule has 0 unspecified atom stereocenters. The number of rotatable bonds is 3. The largest absolute Gasteiger partial charge is 0.312 e. The molecule has 1 aliphatic heterocycles. The summed E-state index contributed by atoms with van der Waals surface area (Å²) in [6, 6.07) is 0.138. The highest BCUT2D eigenvalue weighted by Crippen LogP contribution is 2.10. The minimum atomic E-state index is -2.73. The van der Waals surface area contributed by atoms with E-state index in [0.29, 0.717) is 18.2 Å². The van der Waals surface area contributed by atoms with Gasteiger partial charge in [-0.15, -0.1) is 11.6 Å². The molecule has 0 aliphatic carbocycles. The van der Waals surface area contributed by atoms with Gasteiger partial charge in [-0.3, -0.25) is 0 Å². The molecule has 11 heavy (non-hydrogen) atoms. The molecule has 1 heterocycles. The number of halogens is 1. The van der Waals surface area contributed by atoms with E-state index in [9.17, 15) is 8.42 Å². The average Bonchev–Trinajstić information content (AvgIpc) is 2.26. The monoisotopic (exact) mass is 197 g/mol. The van der Waals surface area contributed by atoms with E-state index in [4.69, 9.17) is 11.6 Å². The molecule has 0 aromatic heterocycles. The highest BCUT2D eigenvalue weighted by atomic mass is 35.5. The summed E-state index contributed by atoms with van der Waals surface area (Å²) >= 11 is 5.44. The Bertz CT molecular complexity index is 215. The smallest absolute Gasteiger partial charge is 0.151 e. The molecular formula is C6H12ClNO2S. The molecule has 5 heteroatoms. The van der Waals surface area contributed by atoms with Crippen LogP contribution in [0.1, 0.15) is 6.42 Å². The molecule has 1 saturated heterocycles. The number of nitrogens with one attached hydrogen (secondary N) is 1. The topological polar surface area (TPSA) is 46.2 Å². The highest BCUT2D eigenvalue weighted by molar-refractivity contribution is 7.91. The quantitative estimate of drug-likeness (QED) is 0.648. The van der Waals surface area contributed by atoms with Crippen LogP contribution in [-0.2, 0) is 9.84 Å². The van der Waals surface area contributed by atoms with Crippen molar-refractivity contribution in [2.45, 2.75) is 12.5 Å².